The number of amides is 1. The van der Waals surface area contributed by atoms with E-state index in [0.717, 1.165) is 29.8 Å². The summed E-state index contributed by atoms with van der Waals surface area (Å²) in [4.78, 5) is 17.4. The van der Waals surface area contributed by atoms with Gasteiger partial charge in [-0.3, -0.25) is 4.79 Å². The van der Waals surface area contributed by atoms with Crippen LogP contribution >= 0.6 is 56.9 Å². The molecule has 0 radical (unpaired) electrons. The highest BCUT2D eigenvalue weighted by Gasteiger charge is 2.24. The van der Waals surface area contributed by atoms with Crippen molar-refractivity contribution in [2.45, 2.75) is 6.92 Å². The van der Waals surface area contributed by atoms with Crippen molar-refractivity contribution in [3.63, 3.8) is 0 Å². The molecule has 27 heavy (non-hydrogen) atoms. The molecule has 8 heteroatoms. The predicted molar refractivity (Wildman–Crippen MR) is 130 cm³/mol. The first-order valence-electron chi connectivity index (χ1n) is 8.19. The average Bonchev–Trinajstić information content (AvgIpc) is 2.96. The van der Waals surface area contributed by atoms with Gasteiger partial charge >= 0.3 is 0 Å². The van der Waals surface area contributed by atoms with Crippen LogP contribution in [0.3, 0.4) is 0 Å². The minimum atomic E-state index is -0.132. The molecule has 0 atom stereocenters. The van der Waals surface area contributed by atoms with Crippen LogP contribution in [0.2, 0.25) is 0 Å². The van der Waals surface area contributed by atoms with Crippen molar-refractivity contribution in [2.75, 3.05) is 19.0 Å². The van der Waals surface area contributed by atoms with Crippen LogP contribution in [-0.2, 0) is 4.79 Å². The first-order chi connectivity index (χ1) is 13.0. The lowest BCUT2D eigenvalue weighted by atomic mass is 10.2. The van der Waals surface area contributed by atoms with Gasteiger partial charge in [0.25, 0.3) is 5.91 Å². The summed E-state index contributed by atoms with van der Waals surface area (Å²) in [7, 11) is 1.90. The van der Waals surface area contributed by atoms with Gasteiger partial charge in [-0.05, 0) is 112 Å². The second kappa shape index (κ2) is 9.28. The number of nitrogens with zero attached hydrogens (tertiary/aromatic N) is 1. The maximum Gasteiger partial charge on any atom is 0.264 e. The van der Waals surface area contributed by atoms with Crippen molar-refractivity contribution in [3.8, 4) is 5.75 Å². The summed E-state index contributed by atoms with van der Waals surface area (Å²) >= 11 is 5.93. The third-order valence-corrected chi connectivity index (χ3v) is 6.25. The Balaban J connectivity index is 1.80. The van der Waals surface area contributed by atoms with Gasteiger partial charge in [0.2, 0.25) is 0 Å². The normalized spacial score (nSPS) is 16.7. The molecular formula is C19H17I2N3O2S. The quantitative estimate of drug-likeness (QED) is 0.363. The van der Waals surface area contributed by atoms with Gasteiger partial charge in [0.1, 0.15) is 5.75 Å². The maximum atomic E-state index is 12.3. The average molecular weight is 605 g/mol. The van der Waals surface area contributed by atoms with Gasteiger partial charge < -0.3 is 15.4 Å². The van der Waals surface area contributed by atoms with Crippen LogP contribution in [0.25, 0.3) is 6.08 Å². The highest BCUT2D eigenvalue weighted by molar-refractivity contribution is 14.1. The number of anilines is 1. The van der Waals surface area contributed by atoms with Crippen LogP contribution in [0.15, 0.2) is 46.3 Å². The fraction of sp³-hybridized carbons (Fsp3) is 0.158. The number of amidine groups is 1. The maximum absolute atomic E-state index is 12.3. The molecule has 2 aromatic carbocycles. The molecule has 5 nitrogen and oxygen atoms in total. The molecule has 0 aliphatic carbocycles. The summed E-state index contributed by atoms with van der Waals surface area (Å²) in [6, 6.07) is 11.6. The number of aliphatic imine (C=N–C) groups is 1. The molecule has 1 aliphatic heterocycles. The molecule has 0 aromatic heterocycles. The Labute approximate surface area is 189 Å². The number of hydrogen-bond acceptors (Lipinski definition) is 5. The molecule has 1 heterocycles. The molecule has 1 fully saturated rings. The Kier molecular flexibility index (Phi) is 7.04. The Morgan fingerprint density at radius 3 is 2.48 bits per heavy atom. The van der Waals surface area contributed by atoms with Crippen molar-refractivity contribution in [1.29, 1.82) is 0 Å². The zero-order valence-corrected chi connectivity index (χ0v) is 19.8. The first kappa shape index (κ1) is 20.5. The zero-order chi connectivity index (χ0) is 19.4. The van der Waals surface area contributed by atoms with Gasteiger partial charge in [-0.25, -0.2) is 4.99 Å². The molecular weight excluding hydrogens is 588 g/mol. The number of halogens is 2. The third kappa shape index (κ3) is 5.17. The molecule has 140 valence electrons. The van der Waals surface area contributed by atoms with E-state index in [1.165, 1.54) is 11.8 Å². The number of hydrogen-bond donors (Lipinski definition) is 2. The standard InChI is InChI=1S/C19H17I2N3O2S/c1-3-26-13-6-4-12(5-7-13)23-19-24-18(25)16(27-19)10-11-8-14(20)17(22-2)15(21)9-11/h4-10,22H,3H2,1-2H3,(H,23,24,25)/b16-10-. The fourth-order valence-corrected chi connectivity index (χ4v) is 5.65. The third-order valence-electron chi connectivity index (χ3n) is 3.64. The lowest BCUT2D eigenvalue weighted by Crippen LogP contribution is -2.19. The smallest absolute Gasteiger partial charge is 0.264 e. The number of benzene rings is 2. The van der Waals surface area contributed by atoms with Crippen molar-refractivity contribution in [1.82, 2.24) is 5.32 Å². The molecule has 2 N–H and O–H groups in total. The molecule has 0 unspecified atom stereocenters. The minimum absolute atomic E-state index is 0.132. The fourth-order valence-electron chi connectivity index (χ4n) is 2.45. The lowest BCUT2D eigenvalue weighted by Gasteiger charge is -2.08. The van der Waals surface area contributed by atoms with E-state index in [-0.39, 0.29) is 5.91 Å². The monoisotopic (exact) mass is 605 g/mol. The van der Waals surface area contributed by atoms with E-state index in [9.17, 15) is 4.79 Å². The van der Waals surface area contributed by atoms with Crippen molar-refractivity contribution in [3.05, 3.63) is 54.0 Å². The second-order valence-electron chi connectivity index (χ2n) is 5.52. The number of carbonyl (C=O) groups is 1. The molecule has 1 aliphatic rings. The van der Waals surface area contributed by atoms with Crippen LogP contribution < -0.4 is 15.4 Å². The van der Waals surface area contributed by atoms with Crippen LogP contribution in [0.5, 0.6) is 5.75 Å². The van der Waals surface area contributed by atoms with Crippen LogP contribution in [0, 0.1) is 7.14 Å². The van der Waals surface area contributed by atoms with Gasteiger partial charge in [0, 0.05) is 14.2 Å². The number of nitrogens with one attached hydrogen (secondary N) is 2. The largest absolute Gasteiger partial charge is 0.494 e. The summed E-state index contributed by atoms with van der Waals surface area (Å²) in [5, 5.41) is 6.59. The van der Waals surface area contributed by atoms with E-state index in [1.54, 1.807) is 0 Å². The molecule has 1 amide bonds. The number of ether oxygens (including phenoxy) is 1. The van der Waals surface area contributed by atoms with Crippen molar-refractivity contribution < 1.29 is 9.53 Å². The molecule has 1 saturated heterocycles. The van der Waals surface area contributed by atoms with Crippen LogP contribution in [0.4, 0.5) is 11.4 Å². The second-order valence-corrected chi connectivity index (χ2v) is 8.87. The SMILES string of the molecule is CCOc1ccc(N=C2NC(=O)/C(=C/c3cc(I)c(NC)c(I)c3)S2)cc1. The highest BCUT2D eigenvalue weighted by atomic mass is 127. The van der Waals surface area contributed by atoms with E-state index in [1.807, 2.05) is 44.3 Å². The van der Waals surface area contributed by atoms with E-state index in [2.05, 4.69) is 72.9 Å². The molecule has 2 aromatic rings. The van der Waals surface area contributed by atoms with Gasteiger partial charge in [-0.1, -0.05) is 0 Å². The van der Waals surface area contributed by atoms with Crippen molar-refractivity contribution >= 4 is 85.5 Å². The van der Waals surface area contributed by atoms with E-state index < -0.39 is 0 Å². The molecule has 3 rings (SSSR count). The topological polar surface area (TPSA) is 62.7 Å². The summed E-state index contributed by atoms with van der Waals surface area (Å²) < 4.78 is 7.65. The first-order valence-corrected chi connectivity index (χ1v) is 11.2. The number of thioether (sulfide) groups is 1. The van der Waals surface area contributed by atoms with Gasteiger partial charge in [-0.15, -0.1) is 0 Å². The van der Waals surface area contributed by atoms with Crippen LogP contribution in [0.1, 0.15) is 12.5 Å². The van der Waals surface area contributed by atoms with Crippen molar-refractivity contribution in [2.24, 2.45) is 4.99 Å². The summed E-state index contributed by atoms with van der Waals surface area (Å²) in [5.41, 5.74) is 2.85. The van der Waals surface area contributed by atoms with Gasteiger partial charge in [0.15, 0.2) is 5.17 Å². The molecule has 0 bridgehead atoms. The van der Waals surface area contributed by atoms with Gasteiger partial charge in [0.05, 0.1) is 22.9 Å². The van der Waals surface area contributed by atoms with E-state index in [4.69, 9.17) is 4.74 Å². The minimum Gasteiger partial charge on any atom is -0.494 e. The van der Waals surface area contributed by atoms with Crippen LogP contribution in [-0.4, -0.2) is 24.7 Å². The number of rotatable bonds is 5. The Hall–Kier alpha value is -1.27. The molecule has 0 saturated carbocycles. The van der Waals surface area contributed by atoms with Gasteiger partial charge in [-0.2, -0.15) is 0 Å². The summed E-state index contributed by atoms with van der Waals surface area (Å²) in [6.07, 6.45) is 1.89. The summed E-state index contributed by atoms with van der Waals surface area (Å²) in [5.74, 6) is 0.673. The lowest BCUT2D eigenvalue weighted by molar-refractivity contribution is -0.115. The van der Waals surface area contributed by atoms with E-state index >= 15 is 0 Å². The Morgan fingerprint density at radius 2 is 1.89 bits per heavy atom. The number of carbonyl (C=O) groups excluding carboxylic acids is 1. The summed E-state index contributed by atoms with van der Waals surface area (Å²) in [6.45, 7) is 2.57. The Morgan fingerprint density at radius 1 is 1.22 bits per heavy atom. The predicted octanol–water partition coefficient (Wildman–Crippen LogP) is 5.23. The highest BCUT2D eigenvalue weighted by Crippen LogP contribution is 2.31. The zero-order valence-electron chi connectivity index (χ0n) is 14.7. The molecule has 0 spiro atoms. The van der Waals surface area contributed by atoms with E-state index in [0.29, 0.717) is 16.7 Å². The Bertz CT molecular complexity index is 904.